The minimum Gasteiger partial charge on any atom is -0.506 e. The van der Waals surface area contributed by atoms with Gasteiger partial charge in [-0.05, 0) is 53.4 Å². The van der Waals surface area contributed by atoms with Crippen molar-refractivity contribution in [2.24, 2.45) is 0 Å². The average molecular weight is 349 g/mol. The Hall–Kier alpha value is -1.75. The third-order valence-corrected chi connectivity index (χ3v) is 4.30. The maximum atomic E-state index is 12.9. The summed E-state index contributed by atoms with van der Waals surface area (Å²) in [5.41, 5.74) is 2.33. The molecule has 0 bridgehead atoms. The van der Waals surface area contributed by atoms with Crippen LogP contribution in [0.2, 0.25) is 0 Å². The van der Waals surface area contributed by atoms with E-state index >= 15 is 0 Å². The van der Waals surface area contributed by atoms with E-state index in [2.05, 4.69) is 15.9 Å². The highest BCUT2D eigenvalue weighted by atomic mass is 79.9. The number of aromatic hydroxyl groups is 1. The zero-order chi connectivity index (χ0) is 15.0. The van der Waals surface area contributed by atoms with Gasteiger partial charge in [-0.25, -0.2) is 0 Å². The largest absolute Gasteiger partial charge is 0.506 e. The molecule has 1 aliphatic rings. The molecule has 0 saturated carbocycles. The lowest BCUT2D eigenvalue weighted by atomic mass is 10.0. The summed E-state index contributed by atoms with van der Waals surface area (Å²) in [6.07, 6.45) is 3.71. The van der Waals surface area contributed by atoms with Gasteiger partial charge in [0.2, 0.25) is 0 Å². The Morgan fingerprint density at radius 1 is 1.43 bits per heavy atom. The molecule has 2 aromatic rings. The summed E-state index contributed by atoms with van der Waals surface area (Å²) in [6.45, 7) is 3.37. The number of hydrogen-bond donors (Lipinski definition) is 1. The quantitative estimate of drug-likeness (QED) is 0.901. The summed E-state index contributed by atoms with van der Waals surface area (Å²) in [4.78, 5) is 14.6. The van der Waals surface area contributed by atoms with Crippen LogP contribution in [0.1, 0.15) is 29.4 Å². The number of aromatic nitrogens is 1. The van der Waals surface area contributed by atoms with Crippen LogP contribution in [-0.4, -0.2) is 22.1 Å². The first-order valence-electron chi connectivity index (χ1n) is 7.10. The molecule has 3 rings (SSSR count). The van der Waals surface area contributed by atoms with E-state index < -0.39 is 0 Å². The number of amides is 1. The molecular formula is C16H17BrN2O2. The number of phenolic OH excluding ortho intramolecular Hbond substituents is 1. The fourth-order valence-electron chi connectivity index (χ4n) is 2.89. The number of para-hydroxylation sites is 1. The lowest BCUT2D eigenvalue weighted by Crippen LogP contribution is -2.36. The predicted molar refractivity (Wildman–Crippen MR) is 85.9 cm³/mol. The Labute approximate surface area is 132 Å². The molecule has 1 N–H and O–H groups in total. The molecule has 0 fully saturated rings. The van der Waals surface area contributed by atoms with Gasteiger partial charge in [0, 0.05) is 23.8 Å². The van der Waals surface area contributed by atoms with Crippen molar-refractivity contribution in [3.8, 4) is 5.75 Å². The van der Waals surface area contributed by atoms with Crippen molar-refractivity contribution in [1.82, 2.24) is 4.57 Å². The maximum absolute atomic E-state index is 12.9. The van der Waals surface area contributed by atoms with Crippen LogP contribution in [0.15, 0.2) is 34.9 Å². The summed E-state index contributed by atoms with van der Waals surface area (Å²) >= 11 is 3.42. The lowest BCUT2D eigenvalue weighted by Gasteiger charge is -2.30. The standard InChI is InChI=1S/C16H17BrN2O2/c1-2-18-10-12(17)9-13(18)16(21)19-8-4-6-11-5-3-7-14(20)15(11)19/h3,5,7,9-10,20H,2,4,6,8H2,1H3. The fraction of sp³-hybridized carbons (Fsp3) is 0.312. The Morgan fingerprint density at radius 2 is 2.24 bits per heavy atom. The van der Waals surface area contributed by atoms with Crippen molar-refractivity contribution in [1.29, 1.82) is 0 Å². The van der Waals surface area contributed by atoms with Crippen LogP contribution in [0, 0.1) is 0 Å². The minimum atomic E-state index is -0.0648. The third-order valence-electron chi connectivity index (χ3n) is 3.86. The molecular weight excluding hydrogens is 332 g/mol. The molecule has 1 aromatic carbocycles. The molecule has 1 aliphatic heterocycles. The normalized spacial score (nSPS) is 14.1. The van der Waals surface area contributed by atoms with Crippen LogP contribution >= 0.6 is 15.9 Å². The molecule has 0 unspecified atom stereocenters. The highest BCUT2D eigenvalue weighted by Gasteiger charge is 2.27. The first kappa shape index (κ1) is 14.2. The van der Waals surface area contributed by atoms with Gasteiger partial charge < -0.3 is 14.6 Å². The maximum Gasteiger partial charge on any atom is 0.275 e. The first-order chi connectivity index (χ1) is 10.1. The van der Waals surface area contributed by atoms with E-state index in [1.54, 1.807) is 11.0 Å². The van der Waals surface area contributed by atoms with Gasteiger partial charge >= 0.3 is 0 Å². The molecule has 110 valence electrons. The monoisotopic (exact) mass is 348 g/mol. The van der Waals surface area contributed by atoms with Gasteiger partial charge in [0.15, 0.2) is 0 Å². The van der Waals surface area contributed by atoms with E-state index in [1.165, 1.54) is 0 Å². The van der Waals surface area contributed by atoms with Crippen LogP contribution in [0.5, 0.6) is 5.75 Å². The molecule has 0 saturated heterocycles. The van der Waals surface area contributed by atoms with E-state index in [4.69, 9.17) is 0 Å². The highest BCUT2D eigenvalue weighted by molar-refractivity contribution is 9.10. The lowest BCUT2D eigenvalue weighted by molar-refractivity contribution is 0.0975. The van der Waals surface area contributed by atoms with Gasteiger partial charge in [0.05, 0.1) is 5.69 Å². The van der Waals surface area contributed by atoms with E-state index in [9.17, 15) is 9.90 Å². The predicted octanol–water partition coefficient (Wildman–Crippen LogP) is 3.57. The summed E-state index contributed by atoms with van der Waals surface area (Å²) in [6, 6.07) is 7.27. The van der Waals surface area contributed by atoms with Crippen molar-refractivity contribution in [3.05, 3.63) is 46.2 Å². The number of aryl methyl sites for hydroxylation is 2. The Kier molecular flexibility index (Phi) is 3.76. The van der Waals surface area contributed by atoms with Crippen molar-refractivity contribution < 1.29 is 9.90 Å². The summed E-state index contributed by atoms with van der Waals surface area (Å²) in [7, 11) is 0. The summed E-state index contributed by atoms with van der Waals surface area (Å²) < 4.78 is 2.81. The second kappa shape index (κ2) is 5.56. The van der Waals surface area contributed by atoms with Gasteiger partial charge in [-0.1, -0.05) is 12.1 Å². The number of hydrogen-bond acceptors (Lipinski definition) is 2. The van der Waals surface area contributed by atoms with E-state index in [1.807, 2.05) is 35.9 Å². The molecule has 21 heavy (non-hydrogen) atoms. The number of carbonyl (C=O) groups excluding carboxylic acids is 1. The Bertz CT molecular complexity index is 694. The highest BCUT2D eigenvalue weighted by Crippen LogP contribution is 2.36. The first-order valence-corrected chi connectivity index (χ1v) is 7.89. The van der Waals surface area contributed by atoms with Gasteiger partial charge in [0.25, 0.3) is 5.91 Å². The number of anilines is 1. The van der Waals surface area contributed by atoms with Gasteiger partial charge in [-0.15, -0.1) is 0 Å². The number of fused-ring (bicyclic) bond motifs is 1. The van der Waals surface area contributed by atoms with Gasteiger partial charge in [-0.3, -0.25) is 4.79 Å². The summed E-state index contributed by atoms with van der Waals surface area (Å²) in [5, 5.41) is 10.1. The van der Waals surface area contributed by atoms with Gasteiger partial charge in [0.1, 0.15) is 11.4 Å². The zero-order valence-electron chi connectivity index (χ0n) is 11.8. The van der Waals surface area contributed by atoms with Crippen LogP contribution < -0.4 is 4.90 Å². The topological polar surface area (TPSA) is 45.5 Å². The summed E-state index contributed by atoms with van der Waals surface area (Å²) in [5.74, 6) is 0.110. The van der Waals surface area contributed by atoms with Crippen molar-refractivity contribution in [2.75, 3.05) is 11.4 Å². The molecule has 4 nitrogen and oxygen atoms in total. The molecule has 1 amide bonds. The zero-order valence-corrected chi connectivity index (χ0v) is 13.4. The van der Waals surface area contributed by atoms with E-state index in [-0.39, 0.29) is 11.7 Å². The molecule has 0 atom stereocenters. The number of benzene rings is 1. The Morgan fingerprint density at radius 3 is 3.00 bits per heavy atom. The average Bonchev–Trinajstić information content (AvgIpc) is 2.87. The van der Waals surface area contributed by atoms with Crippen molar-refractivity contribution >= 4 is 27.5 Å². The second-order valence-electron chi connectivity index (χ2n) is 5.17. The molecule has 0 aliphatic carbocycles. The third kappa shape index (κ3) is 2.46. The van der Waals surface area contributed by atoms with Crippen LogP contribution in [0.25, 0.3) is 0 Å². The van der Waals surface area contributed by atoms with E-state index in [0.29, 0.717) is 17.9 Å². The van der Waals surface area contributed by atoms with Crippen LogP contribution in [0.3, 0.4) is 0 Å². The second-order valence-corrected chi connectivity index (χ2v) is 6.09. The van der Waals surface area contributed by atoms with Crippen molar-refractivity contribution in [3.63, 3.8) is 0 Å². The minimum absolute atomic E-state index is 0.0648. The molecule has 0 radical (unpaired) electrons. The smallest absolute Gasteiger partial charge is 0.275 e. The SMILES string of the molecule is CCn1cc(Br)cc1C(=O)N1CCCc2cccc(O)c21. The fourth-order valence-corrected chi connectivity index (χ4v) is 3.35. The molecule has 0 spiro atoms. The number of phenols is 1. The van der Waals surface area contributed by atoms with Crippen LogP contribution in [0.4, 0.5) is 5.69 Å². The van der Waals surface area contributed by atoms with Gasteiger partial charge in [-0.2, -0.15) is 0 Å². The number of nitrogens with zero attached hydrogens (tertiary/aromatic N) is 2. The molecule has 5 heteroatoms. The molecule has 1 aromatic heterocycles. The Balaban J connectivity index is 2.04. The number of rotatable bonds is 2. The van der Waals surface area contributed by atoms with Crippen molar-refractivity contribution in [2.45, 2.75) is 26.3 Å². The number of halogens is 1. The van der Waals surface area contributed by atoms with Crippen LogP contribution in [-0.2, 0) is 13.0 Å². The molecule has 2 heterocycles. The van der Waals surface area contributed by atoms with E-state index in [0.717, 1.165) is 29.4 Å². The number of carbonyl (C=O) groups is 1.